The molecule has 0 radical (unpaired) electrons. The van der Waals surface area contributed by atoms with E-state index in [0.29, 0.717) is 12.1 Å². The Labute approximate surface area is 92.9 Å². The summed E-state index contributed by atoms with van der Waals surface area (Å²) in [4.78, 5) is 24.0. The molecule has 0 N–H and O–H groups in total. The van der Waals surface area contributed by atoms with Crippen molar-refractivity contribution >= 4 is 11.7 Å². The summed E-state index contributed by atoms with van der Waals surface area (Å²) < 4.78 is 13.5. The lowest BCUT2D eigenvalue weighted by Crippen LogP contribution is -2.30. The smallest absolute Gasteiger partial charge is 0.290 e. The van der Waals surface area contributed by atoms with E-state index in [2.05, 4.69) is 0 Å². The molecule has 3 nitrogen and oxygen atoms in total. The van der Waals surface area contributed by atoms with Crippen LogP contribution < -0.4 is 0 Å². The first-order valence-corrected chi connectivity index (χ1v) is 5.19. The maximum atomic E-state index is 13.5. The molecule has 0 saturated carbocycles. The molecule has 1 saturated heterocycles. The fourth-order valence-corrected chi connectivity index (χ4v) is 1.94. The van der Waals surface area contributed by atoms with Crippen LogP contribution in [0.15, 0.2) is 24.3 Å². The number of carbonyl (C=O) groups is 2. The first-order valence-electron chi connectivity index (χ1n) is 5.19. The summed E-state index contributed by atoms with van der Waals surface area (Å²) in [5, 5.41) is 0. The molecule has 1 fully saturated rings. The van der Waals surface area contributed by atoms with Gasteiger partial charge in [-0.05, 0) is 13.0 Å². The largest absolute Gasteiger partial charge is 0.329 e. The van der Waals surface area contributed by atoms with Crippen LogP contribution in [0, 0.1) is 5.82 Å². The molecular formula is C12H12FNO2. The monoisotopic (exact) mass is 221 g/mol. The molecule has 1 aliphatic rings. The standard InChI is InChI=1S/C12H12FNO2/c1-8(9-4-2-3-5-10(9)13)14-7-6-11(15)12(14)16/h2-5,8H,6-7H2,1H3. The Kier molecular flexibility index (Phi) is 2.73. The zero-order chi connectivity index (χ0) is 11.7. The summed E-state index contributed by atoms with van der Waals surface area (Å²) >= 11 is 0. The van der Waals surface area contributed by atoms with Gasteiger partial charge in [0.1, 0.15) is 5.82 Å². The van der Waals surface area contributed by atoms with Gasteiger partial charge in [0.15, 0.2) is 0 Å². The zero-order valence-corrected chi connectivity index (χ0v) is 8.94. The lowest BCUT2D eigenvalue weighted by molar-refractivity contribution is -0.141. The number of likely N-dealkylation sites (tertiary alicyclic amines) is 1. The molecule has 16 heavy (non-hydrogen) atoms. The number of ketones is 1. The number of halogens is 1. The minimum Gasteiger partial charge on any atom is -0.329 e. The van der Waals surface area contributed by atoms with Crippen LogP contribution >= 0.6 is 0 Å². The Balaban J connectivity index is 2.26. The third kappa shape index (κ3) is 1.71. The SMILES string of the molecule is CC(c1ccccc1F)N1CCC(=O)C1=O. The minimum atomic E-state index is -0.504. The summed E-state index contributed by atoms with van der Waals surface area (Å²) in [5.74, 6) is -1.24. The fraction of sp³-hybridized carbons (Fsp3) is 0.333. The number of amides is 1. The number of Topliss-reactive ketones (excluding diaryl/α,β-unsaturated/α-hetero) is 1. The molecule has 0 spiro atoms. The van der Waals surface area contributed by atoms with Crippen molar-refractivity contribution in [3.63, 3.8) is 0 Å². The lowest BCUT2D eigenvalue weighted by Gasteiger charge is -2.23. The molecular weight excluding hydrogens is 209 g/mol. The maximum absolute atomic E-state index is 13.5. The van der Waals surface area contributed by atoms with E-state index in [1.807, 2.05) is 0 Å². The third-order valence-electron chi connectivity index (χ3n) is 2.90. The Hall–Kier alpha value is -1.71. The molecule has 1 amide bonds. The molecule has 1 aromatic rings. The average molecular weight is 221 g/mol. The number of rotatable bonds is 2. The van der Waals surface area contributed by atoms with Crippen LogP contribution in [0.5, 0.6) is 0 Å². The second-order valence-corrected chi connectivity index (χ2v) is 3.87. The maximum Gasteiger partial charge on any atom is 0.290 e. The summed E-state index contributed by atoms with van der Waals surface area (Å²) in [5.41, 5.74) is 0.450. The Morgan fingerprint density at radius 3 is 2.56 bits per heavy atom. The molecule has 0 bridgehead atoms. The van der Waals surface area contributed by atoms with E-state index >= 15 is 0 Å². The molecule has 1 unspecified atom stereocenters. The van der Waals surface area contributed by atoms with E-state index in [9.17, 15) is 14.0 Å². The van der Waals surface area contributed by atoms with Crippen molar-refractivity contribution in [2.75, 3.05) is 6.54 Å². The molecule has 1 atom stereocenters. The van der Waals surface area contributed by atoms with Crippen molar-refractivity contribution in [3.05, 3.63) is 35.6 Å². The van der Waals surface area contributed by atoms with Gasteiger partial charge in [0.25, 0.3) is 5.91 Å². The van der Waals surface area contributed by atoms with Crippen LogP contribution in [0.4, 0.5) is 4.39 Å². The normalized spacial score (nSPS) is 18.0. The Morgan fingerprint density at radius 2 is 2.00 bits per heavy atom. The summed E-state index contributed by atoms with van der Waals surface area (Å²) in [7, 11) is 0. The van der Waals surface area contributed by atoms with Gasteiger partial charge < -0.3 is 4.90 Å². The molecule has 2 rings (SSSR count). The van der Waals surface area contributed by atoms with Gasteiger partial charge in [-0.25, -0.2) is 4.39 Å². The number of hydrogen-bond acceptors (Lipinski definition) is 2. The number of carbonyl (C=O) groups excluding carboxylic acids is 2. The molecule has 0 aromatic heterocycles. The Morgan fingerprint density at radius 1 is 1.31 bits per heavy atom. The van der Waals surface area contributed by atoms with E-state index in [-0.39, 0.29) is 24.1 Å². The van der Waals surface area contributed by atoms with Gasteiger partial charge in [-0.2, -0.15) is 0 Å². The second kappa shape index (κ2) is 4.04. The van der Waals surface area contributed by atoms with Gasteiger partial charge in [-0.15, -0.1) is 0 Å². The van der Waals surface area contributed by atoms with Gasteiger partial charge in [0.05, 0.1) is 6.04 Å². The molecule has 1 aromatic carbocycles. The van der Waals surface area contributed by atoms with Gasteiger partial charge in [-0.1, -0.05) is 18.2 Å². The molecule has 4 heteroatoms. The first kappa shape index (κ1) is 10.8. The highest BCUT2D eigenvalue weighted by Crippen LogP contribution is 2.25. The van der Waals surface area contributed by atoms with Crippen molar-refractivity contribution in [1.29, 1.82) is 0 Å². The van der Waals surface area contributed by atoms with E-state index in [0.717, 1.165) is 0 Å². The van der Waals surface area contributed by atoms with Gasteiger partial charge >= 0.3 is 0 Å². The fourth-order valence-electron chi connectivity index (χ4n) is 1.94. The number of benzene rings is 1. The molecule has 1 aliphatic heterocycles. The topological polar surface area (TPSA) is 37.4 Å². The average Bonchev–Trinajstić information content (AvgIpc) is 2.60. The number of nitrogens with zero attached hydrogens (tertiary/aromatic N) is 1. The summed E-state index contributed by atoms with van der Waals surface area (Å²) in [6.07, 6.45) is 0.234. The number of hydrogen-bond donors (Lipinski definition) is 0. The molecule has 0 aliphatic carbocycles. The predicted octanol–water partition coefficient (Wildman–Crippen LogP) is 1.69. The first-order chi connectivity index (χ1) is 7.61. The lowest BCUT2D eigenvalue weighted by atomic mass is 10.1. The van der Waals surface area contributed by atoms with Crippen LogP contribution in [0.2, 0.25) is 0 Å². The van der Waals surface area contributed by atoms with Crippen molar-refractivity contribution in [2.45, 2.75) is 19.4 Å². The molecule has 84 valence electrons. The van der Waals surface area contributed by atoms with Crippen molar-refractivity contribution in [3.8, 4) is 0 Å². The predicted molar refractivity (Wildman–Crippen MR) is 56.2 cm³/mol. The minimum absolute atomic E-state index is 0.234. The van der Waals surface area contributed by atoms with Crippen molar-refractivity contribution in [2.24, 2.45) is 0 Å². The van der Waals surface area contributed by atoms with Gasteiger partial charge in [0, 0.05) is 18.5 Å². The quantitative estimate of drug-likeness (QED) is 0.712. The third-order valence-corrected chi connectivity index (χ3v) is 2.90. The van der Waals surface area contributed by atoms with E-state index in [1.54, 1.807) is 25.1 Å². The van der Waals surface area contributed by atoms with Gasteiger partial charge in [0.2, 0.25) is 5.78 Å². The Bertz CT molecular complexity index is 444. The summed E-state index contributed by atoms with van der Waals surface area (Å²) in [6, 6.07) is 5.92. The van der Waals surface area contributed by atoms with Crippen LogP contribution in [0.1, 0.15) is 24.9 Å². The highest BCUT2D eigenvalue weighted by molar-refractivity contribution is 6.37. The second-order valence-electron chi connectivity index (χ2n) is 3.87. The van der Waals surface area contributed by atoms with Crippen LogP contribution in [0.3, 0.4) is 0 Å². The van der Waals surface area contributed by atoms with Gasteiger partial charge in [-0.3, -0.25) is 9.59 Å². The highest BCUT2D eigenvalue weighted by atomic mass is 19.1. The van der Waals surface area contributed by atoms with E-state index in [4.69, 9.17) is 0 Å². The van der Waals surface area contributed by atoms with E-state index < -0.39 is 5.91 Å². The van der Waals surface area contributed by atoms with Crippen molar-refractivity contribution < 1.29 is 14.0 Å². The summed E-state index contributed by atoms with van der Waals surface area (Å²) in [6.45, 7) is 2.11. The van der Waals surface area contributed by atoms with Crippen LogP contribution in [0.25, 0.3) is 0 Å². The van der Waals surface area contributed by atoms with Crippen molar-refractivity contribution in [1.82, 2.24) is 4.90 Å². The van der Waals surface area contributed by atoms with Crippen LogP contribution in [-0.2, 0) is 9.59 Å². The zero-order valence-electron chi connectivity index (χ0n) is 8.94. The van der Waals surface area contributed by atoms with E-state index in [1.165, 1.54) is 11.0 Å². The van der Waals surface area contributed by atoms with Crippen LogP contribution in [-0.4, -0.2) is 23.1 Å². The highest BCUT2D eigenvalue weighted by Gasteiger charge is 2.33. The molecule has 1 heterocycles.